The lowest BCUT2D eigenvalue weighted by molar-refractivity contribution is -0.130. The standard InChI is InChI=1S/C31H36FN7O4/c1-4-39(19(2)3)31(42)26-12-23(32)7-10-27(26)43-30-29(34-18-35-36-30)38-16-21-14-37(15-22(21)17-38)28(41)13-24(33)11-20-5-8-25(40)9-6-20/h5-10,12,18-19,24,40H,4,11,13-17,33H2,1-3H3/t24-/m1/s1. The van der Waals surface area contributed by atoms with Crippen molar-refractivity contribution in [3.05, 3.63) is 76.9 Å². The minimum Gasteiger partial charge on any atom is -0.508 e. The zero-order valence-corrected chi connectivity index (χ0v) is 24.5. The normalized spacial score (nSPS) is 15.2. The van der Waals surface area contributed by atoms with Crippen LogP contribution in [0.4, 0.5) is 10.2 Å². The summed E-state index contributed by atoms with van der Waals surface area (Å²) in [4.78, 5) is 36.1. The van der Waals surface area contributed by atoms with Crippen LogP contribution < -0.4 is 15.4 Å². The van der Waals surface area contributed by atoms with E-state index in [1.54, 1.807) is 29.2 Å². The molecule has 2 amide bonds. The van der Waals surface area contributed by atoms with E-state index < -0.39 is 5.82 Å². The fraction of sp³-hybridized carbons (Fsp3) is 0.387. The summed E-state index contributed by atoms with van der Waals surface area (Å²) in [5.74, 6) is -0.00235. The first-order valence-corrected chi connectivity index (χ1v) is 14.3. The van der Waals surface area contributed by atoms with E-state index in [2.05, 4.69) is 15.2 Å². The van der Waals surface area contributed by atoms with Crippen LogP contribution >= 0.6 is 0 Å². The first kappa shape index (κ1) is 29.9. The molecule has 5 rings (SSSR count). The van der Waals surface area contributed by atoms with Crippen LogP contribution in [0.1, 0.15) is 43.1 Å². The highest BCUT2D eigenvalue weighted by molar-refractivity contribution is 5.97. The number of aromatic hydroxyl groups is 1. The van der Waals surface area contributed by atoms with Crippen molar-refractivity contribution in [1.82, 2.24) is 25.0 Å². The maximum Gasteiger partial charge on any atom is 0.282 e. The van der Waals surface area contributed by atoms with E-state index in [0.717, 1.165) is 16.7 Å². The molecule has 0 saturated heterocycles. The number of hydrogen-bond acceptors (Lipinski definition) is 9. The van der Waals surface area contributed by atoms with E-state index in [-0.39, 0.29) is 53.3 Å². The molecule has 0 spiro atoms. The highest BCUT2D eigenvalue weighted by Gasteiger charge is 2.34. The van der Waals surface area contributed by atoms with Gasteiger partial charge in [0.05, 0.1) is 5.56 Å². The molecule has 1 atom stereocenters. The van der Waals surface area contributed by atoms with Crippen LogP contribution in [-0.2, 0) is 11.2 Å². The Kier molecular flexibility index (Phi) is 8.86. The Morgan fingerprint density at radius 1 is 1.09 bits per heavy atom. The van der Waals surface area contributed by atoms with Crippen molar-refractivity contribution in [2.45, 2.75) is 45.7 Å². The molecule has 2 aromatic carbocycles. The SMILES string of the molecule is CCN(C(=O)c1cc(F)ccc1Oc1nncnc1N1CC2=C(CN(C(=O)C[C@H](N)Cc3ccc(O)cc3)C2)C1)C(C)C. The largest absolute Gasteiger partial charge is 0.508 e. The van der Waals surface area contributed by atoms with Crippen LogP contribution in [0.15, 0.2) is 59.9 Å². The molecular formula is C31H36FN7O4. The molecule has 0 unspecified atom stereocenters. The second-order valence-corrected chi connectivity index (χ2v) is 11.2. The maximum atomic E-state index is 14.2. The second-order valence-electron chi connectivity index (χ2n) is 11.2. The number of halogens is 1. The van der Waals surface area contributed by atoms with E-state index in [0.29, 0.717) is 45.0 Å². The highest BCUT2D eigenvalue weighted by Crippen LogP contribution is 2.35. The Labute approximate surface area is 249 Å². The third kappa shape index (κ3) is 6.75. The van der Waals surface area contributed by atoms with E-state index in [1.165, 1.54) is 24.5 Å². The summed E-state index contributed by atoms with van der Waals surface area (Å²) in [7, 11) is 0. The monoisotopic (exact) mass is 589 g/mol. The quantitative estimate of drug-likeness (QED) is 0.341. The number of phenols is 1. The number of ether oxygens (including phenoxy) is 1. The topological polar surface area (TPSA) is 138 Å². The third-order valence-electron chi connectivity index (χ3n) is 7.73. The van der Waals surface area contributed by atoms with E-state index in [4.69, 9.17) is 10.5 Å². The van der Waals surface area contributed by atoms with Gasteiger partial charge in [0.1, 0.15) is 23.6 Å². The van der Waals surface area contributed by atoms with Gasteiger partial charge in [-0.2, -0.15) is 0 Å². The van der Waals surface area contributed by atoms with Crippen molar-refractivity contribution in [3.8, 4) is 17.4 Å². The van der Waals surface area contributed by atoms with Gasteiger partial charge >= 0.3 is 0 Å². The molecule has 226 valence electrons. The van der Waals surface area contributed by atoms with Crippen LogP contribution in [0.3, 0.4) is 0 Å². The molecular weight excluding hydrogens is 553 g/mol. The molecule has 2 aliphatic rings. The zero-order valence-electron chi connectivity index (χ0n) is 24.5. The summed E-state index contributed by atoms with van der Waals surface area (Å²) in [5, 5.41) is 17.5. The van der Waals surface area contributed by atoms with Crippen molar-refractivity contribution in [2.75, 3.05) is 37.6 Å². The summed E-state index contributed by atoms with van der Waals surface area (Å²) in [6.07, 6.45) is 2.09. The minimum atomic E-state index is -0.548. The fourth-order valence-electron chi connectivity index (χ4n) is 5.57. The van der Waals surface area contributed by atoms with E-state index in [9.17, 15) is 19.1 Å². The van der Waals surface area contributed by atoms with Crippen LogP contribution in [-0.4, -0.2) is 86.7 Å². The molecule has 3 N–H and O–H groups in total. The number of nitrogens with two attached hydrogens (primary N) is 1. The molecule has 3 aromatic rings. The molecule has 43 heavy (non-hydrogen) atoms. The zero-order chi connectivity index (χ0) is 30.7. The Balaban J connectivity index is 1.23. The number of carbonyl (C=O) groups excluding carboxylic acids is 2. The van der Waals surface area contributed by atoms with Crippen molar-refractivity contribution in [1.29, 1.82) is 0 Å². The maximum absolute atomic E-state index is 14.2. The molecule has 0 fully saturated rings. The predicted molar refractivity (Wildman–Crippen MR) is 158 cm³/mol. The van der Waals surface area contributed by atoms with Gasteiger partial charge in [0.25, 0.3) is 11.8 Å². The number of carbonyl (C=O) groups is 2. The lowest BCUT2D eigenvalue weighted by Gasteiger charge is -2.26. The van der Waals surface area contributed by atoms with Gasteiger partial charge in [0, 0.05) is 51.2 Å². The summed E-state index contributed by atoms with van der Waals surface area (Å²) in [6, 6.07) is 10.2. The van der Waals surface area contributed by atoms with Gasteiger partial charge in [0.15, 0.2) is 5.82 Å². The third-order valence-corrected chi connectivity index (χ3v) is 7.73. The lowest BCUT2D eigenvalue weighted by Crippen LogP contribution is -2.38. The number of aromatic nitrogens is 3. The van der Waals surface area contributed by atoms with Gasteiger partial charge in [-0.3, -0.25) is 9.59 Å². The molecule has 1 aromatic heterocycles. The smallest absolute Gasteiger partial charge is 0.282 e. The molecule has 0 aliphatic carbocycles. The van der Waals surface area contributed by atoms with E-state index in [1.807, 2.05) is 30.6 Å². The number of benzene rings is 2. The van der Waals surface area contributed by atoms with Gasteiger partial charge in [0.2, 0.25) is 5.91 Å². The fourth-order valence-corrected chi connectivity index (χ4v) is 5.57. The van der Waals surface area contributed by atoms with Gasteiger partial charge in [-0.25, -0.2) is 9.37 Å². The Bertz CT molecular complexity index is 1510. The van der Waals surface area contributed by atoms with Crippen molar-refractivity contribution < 1.29 is 23.8 Å². The Morgan fingerprint density at radius 2 is 1.79 bits per heavy atom. The molecule has 0 saturated carbocycles. The summed E-state index contributed by atoms with van der Waals surface area (Å²) in [5.41, 5.74) is 9.57. The first-order chi connectivity index (χ1) is 20.6. The van der Waals surface area contributed by atoms with Crippen molar-refractivity contribution >= 4 is 17.6 Å². The van der Waals surface area contributed by atoms with Crippen LogP contribution in [0.25, 0.3) is 0 Å². The number of amides is 2. The molecule has 0 radical (unpaired) electrons. The molecule has 2 aliphatic heterocycles. The van der Waals surface area contributed by atoms with Gasteiger partial charge in [-0.1, -0.05) is 12.1 Å². The molecule has 0 bridgehead atoms. The number of phenolic OH excluding ortho intramolecular Hbond substituents is 1. The summed E-state index contributed by atoms with van der Waals surface area (Å²) < 4.78 is 20.3. The first-order valence-electron chi connectivity index (χ1n) is 14.3. The van der Waals surface area contributed by atoms with Gasteiger partial charge < -0.3 is 30.3 Å². The molecule has 12 heteroatoms. The summed E-state index contributed by atoms with van der Waals surface area (Å²) >= 11 is 0. The average Bonchev–Trinajstić information content (AvgIpc) is 3.55. The predicted octanol–water partition coefficient (Wildman–Crippen LogP) is 3.30. The van der Waals surface area contributed by atoms with Gasteiger partial charge in [-0.15, -0.1) is 10.2 Å². The van der Waals surface area contributed by atoms with E-state index >= 15 is 0 Å². The lowest BCUT2D eigenvalue weighted by atomic mass is 10.0. The number of anilines is 1. The Hall–Kier alpha value is -4.58. The number of hydrogen-bond donors (Lipinski definition) is 2. The van der Waals surface area contributed by atoms with Crippen LogP contribution in [0.2, 0.25) is 0 Å². The van der Waals surface area contributed by atoms with Gasteiger partial charge in [-0.05, 0) is 74.2 Å². The van der Waals surface area contributed by atoms with Crippen molar-refractivity contribution in [3.63, 3.8) is 0 Å². The van der Waals surface area contributed by atoms with Crippen LogP contribution in [0.5, 0.6) is 17.4 Å². The highest BCUT2D eigenvalue weighted by atomic mass is 19.1. The van der Waals surface area contributed by atoms with Crippen LogP contribution in [0, 0.1) is 5.82 Å². The average molecular weight is 590 g/mol. The minimum absolute atomic E-state index is 0.00372. The molecule has 11 nitrogen and oxygen atoms in total. The second kappa shape index (κ2) is 12.7. The van der Waals surface area contributed by atoms with Crippen molar-refractivity contribution in [2.24, 2.45) is 5.73 Å². The number of nitrogens with zero attached hydrogens (tertiary/aromatic N) is 6. The number of rotatable bonds is 10. The molecule has 3 heterocycles. The summed E-state index contributed by atoms with van der Waals surface area (Å²) in [6.45, 7) is 8.18. The Morgan fingerprint density at radius 3 is 2.44 bits per heavy atom.